The number of rotatable bonds is 4. The number of nitrogen functional groups attached to an aromatic ring is 1. The van der Waals surface area contributed by atoms with Crippen LogP contribution >= 0.6 is 0 Å². The molecule has 2 unspecified atom stereocenters. The van der Waals surface area contributed by atoms with Crippen LogP contribution in [-0.2, 0) is 4.74 Å². The van der Waals surface area contributed by atoms with E-state index in [9.17, 15) is 0 Å². The number of anilines is 3. The largest absolute Gasteiger partial charge is 0.376 e. The fourth-order valence-corrected chi connectivity index (χ4v) is 3.32. The van der Waals surface area contributed by atoms with Crippen LogP contribution in [0.25, 0.3) is 0 Å². The standard InChI is InChI=1S/C14H22N6O/c15-12-17-13(19-14(18-12)20-6-1-2-7-20)16-10-5-8-21-11(10)9-3-4-9/h9-11H,1-8H2,(H3,15,16,17,18,19). The fourth-order valence-electron chi connectivity index (χ4n) is 3.32. The quantitative estimate of drug-likeness (QED) is 0.856. The highest BCUT2D eigenvalue weighted by Gasteiger charge is 2.41. The zero-order valence-electron chi connectivity index (χ0n) is 12.2. The van der Waals surface area contributed by atoms with E-state index in [0.29, 0.717) is 30.0 Å². The van der Waals surface area contributed by atoms with Crippen LogP contribution in [0.2, 0.25) is 0 Å². The van der Waals surface area contributed by atoms with Gasteiger partial charge >= 0.3 is 0 Å². The molecular weight excluding hydrogens is 268 g/mol. The average Bonchev–Trinajstić information content (AvgIpc) is 2.99. The Bertz CT molecular complexity index is 514. The Balaban J connectivity index is 1.51. The highest BCUT2D eigenvalue weighted by atomic mass is 16.5. The topological polar surface area (TPSA) is 89.2 Å². The van der Waals surface area contributed by atoms with Gasteiger partial charge in [-0.15, -0.1) is 0 Å². The van der Waals surface area contributed by atoms with E-state index >= 15 is 0 Å². The first-order chi connectivity index (χ1) is 10.3. The van der Waals surface area contributed by atoms with E-state index in [1.807, 2.05) is 0 Å². The number of nitrogens with zero attached hydrogens (tertiary/aromatic N) is 4. The third kappa shape index (κ3) is 2.74. The van der Waals surface area contributed by atoms with Crippen LogP contribution in [0, 0.1) is 5.92 Å². The molecule has 7 nitrogen and oxygen atoms in total. The molecule has 21 heavy (non-hydrogen) atoms. The second-order valence-corrected chi connectivity index (χ2v) is 6.22. The Morgan fingerprint density at radius 2 is 1.90 bits per heavy atom. The molecule has 3 fully saturated rings. The predicted molar refractivity (Wildman–Crippen MR) is 80.2 cm³/mol. The van der Waals surface area contributed by atoms with Gasteiger partial charge in [-0.2, -0.15) is 15.0 Å². The van der Waals surface area contributed by atoms with E-state index in [-0.39, 0.29) is 5.95 Å². The highest BCUT2D eigenvalue weighted by Crippen LogP contribution is 2.39. The molecule has 2 atom stereocenters. The Kier molecular flexibility index (Phi) is 3.29. The van der Waals surface area contributed by atoms with Crippen molar-refractivity contribution in [3.63, 3.8) is 0 Å². The first-order valence-electron chi connectivity index (χ1n) is 7.94. The van der Waals surface area contributed by atoms with Crippen molar-refractivity contribution in [2.75, 3.05) is 35.6 Å². The van der Waals surface area contributed by atoms with Gasteiger partial charge in [-0.3, -0.25) is 0 Å². The summed E-state index contributed by atoms with van der Waals surface area (Å²) >= 11 is 0. The van der Waals surface area contributed by atoms with E-state index in [1.165, 1.54) is 25.7 Å². The SMILES string of the molecule is Nc1nc(NC2CCOC2C2CC2)nc(N2CCCC2)n1. The molecule has 114 valence electrons. The van der Waals surface area contributed by atoms with E-state index in [2.05, 4.69) is 25.2 Å². The fraction of sp³-hybridized carbons (Fsp3) is 0.786. The van der Waals surface area contributed by atoms with Crippen molar-refractivity contribution in [2.24, 2.45) is 5.92 Å². The van der Waals surface area contributed by atoms with Gasteiger partial charge < -0.3 is 20.7 Å². The number of nitrogens with two attached hydrogens (primary N) is 1. The molecule has 3 aliphatic rings. The maximum Gasteiger partial charge on any atom is 0.231 e. The Labute approximate surface area is 124 Å². The minimum atomic E-state index is 0.288. The van der Waals surface area contributed by atoms with Gasteiger partial charge in [-0.25, -0.2) is 0 Å². The zero-order chi connectivity index (χ0) is 14.2. The third-order valence-electron chi connectivity index (χ3n) is 4.57. The van der Waals surface area contributed by atoms with Gasteiger partial charge in [0.1, 0.15) is 0 Å². The second-order valence-electron chi connectivity index (χ2n) is 6.22. The first kappa shape index (κ1) is 13.1. The molecule has 1 saturated carbocycles. The molecule has 1 aliphatic carbocycles. The molecule has 0 spiro atoms. The van der Waals surface area contributed by atoms with Crippen LogP contribution in [0.1, 0.15) is 32.1 Å². The van der Waals surface area contributed by atoms with E-state index in [4.69, 9.17) is 10.5 Å². The first-order valence-corrected chi connectivity index (χ1v) is 7.94. The summed E-state index contributed by atoms with van der Waals surface area (Å²) in [7, 11) is 0. The number of ether oxygens (including phenoxy) is 1. The van der Waals surface area contributed by atoms with Crippen LogP contribution in [0.5, 0.6) is 0 Å². The molecule has 7 heteroatoms. The number of hydrogen-bond donors (Lipinski definition) is 2. The normalized spacial score (nSPS) is 29.0. The van der Waals surface area contributed by atoms with Gasteiger partial charge in [0, 0.05) is 19.7 Å². The molecular formula is C14H22N6O. The molecule has 1 aromatic rings. The van der Waals surface area contributed by atoms with Crippen molar-refractivity contribution in [2.45, 2.75) is 44.2 Å². The van der Waals surface area contributed by atoms with Gasteiger partial charge in [0.2, 0.25) is 17.8 Å². The maximum absolute atomic E-state index is 5.85. The lowest BCUT2D eigenvalue weighted by Gasteiger charge is -2.21. The molecule has 0 amide bonds. The lowest BCUT2D eigenvalue weighted by molar-refractivity contribution is 0.0897. The summed E-state index contributed by atoms with van der Waals surface area (Å²) in [5.41, 5.74) is 5.85. The van der Waals surface area contributed by atoms with E-state index in [0.717, 1.165) is 26.1 Å². The van der Waals surface area contributed by atoms with Crippen LogP contribution in [0.4, 0.5) is 17.8 Å². The smallest absolute Gasteiger partial charge is 0.231 e. The Morgan fingerprint density at radius 3 is 2.67 bits per heavy atom. The molecule has 3 heterocycles. The minimum absolute atomic E-state index is 0.288. The second kappa shape index (κ2) is 5.29. The number of aromatic nitrogens is 3. The van der Waals surface area contributed by atoms with Crippen LogP contribution in [0.15, 0.2) is 0 Å². The molecule has 2 saturated heterocycles. The number of hydrogen-bond acceptors (Lipinski definition) is 7. The molecule has 0 radical (unpaired) electrons. The molecule has 3 N–H and O–H groups in total. The summed E-state index contributed by atoms with van der Waals surface area (Å²) in [6.07, 6.45) is 6.25. The average molecular weight is 290 g/mol. The molecule has 2 aliphatic heterocycles. The van der Waals surface area contributed by atoms with E-state index < -0.39 is 0 Å². The zero-order valence-corrected chi connectivity index (χ0v) is 12.2. The van der Waals surface area contributed by atoms with Gasteiger partial charge in [0.05, 0.1) is 12.1 Å². The van der Waals surface area contributed by atoms with Gasteiger partial charge in [0.25, 0.3) is 0 Å². The summed E-state index contributed by atoms with van der Waals surface area (Å²) in [6, 6.07) is 0.297. The third-order valence-corrected chi connectivity index (χ3v) is 4.57. The molecule has 0 bridgehead atoms. The van der Waals surface area contributed by atoms with Gasteiger partial charge in [-0.1, -0.05) is 0 Å². The Morgan fingerprint density at radius 1 is 1.10 bits per heavy atom. The minimum Gasteiger partial charge on any atom is -0.376 e. The summed E-state index contributed by atoms with van der Waals surface area (Å²) in [4.78, 5) is 15.2. The van der Waals surface area contributed by atoms with Crippen molar-refractivity contribution < 1.29 is 4.74 Å². The summed E-state index contributed by atoms with van der Waals surface area (Å²) < 4.78 is 5.85. The van der Waals surface area contributed by atoms with Crippen LogP contribution in [-0.4, -0.2) is 46.8 Å². The summed E-state index contributed by atoms with van der Waals surface area (Å²) in [5, 5.41) is 3.42. The summed E-state index contributed by atoms with van der Waals surface area (Å²) in [5.74, 6) is 2.29. The van der Waals surface area contributed by atoms with Gasteiger partial charge in [-0.05, 0) is 38.0 Å². The predicted octanol–water partition coefficient (Wildman–Crippen LogP) is 1.03. The number of nitrogens with one attached hydrogen (secondary N) is 1. The van der Waals surface area contributed by atoms with Crippen LogP contribution < -0.4 is 16.0 Å². The Hall–Kier alpha value is -1.63. The van der Waals surface area contributed by atoms with Crippen LogP contribution in [0.3, 0.4) is 0 Å². The molecule has 1 aromatic heterocycles. The monoisotopic (exact) mass is 290 g/mol. The summed E-state index contributed by atoms with van der Waals surface area (Å²) in [6.45, 7) is 2.82. The van der Waals surface area contributed by atoms with Crippen molar-refractivity contribution in [3.05, 3.63) is 0 Å². The van der Waals surface area contributed by atoms with Crippen molar-refractivity contribution in [1.82, 2.24) is 15.0 Å². The molecule has 4 rings (SSSR count). The van der Waals surface area contributed by atoms with Crippen molar-refractivity contribution >= 4 is 17.8 Å². The van der Waals surface area contributed by atoms with E-state index in [1.54, 1.807) is 0 Å². The maximum atomic E-state index is 5.85. The molecule has 0 aromatic carbocycles. The lowest BCUT2D eigenvalue weighted by Crippen LogP contribution is -2.32. The highest BCUT2D eigenvalue weighted by molar-refractivity contribution is 5.43. The van der Waals surface area contributed by atoms with Gasteiger partial charge in [0.15, 0.2) is 0 Å². The lowest BCUT2D eigenvalue weighted by atomic mass is 10.1. The van der Waals surface area contributed by atoms with Crippen molar-refractivity contribution in [1.29, 1.82) is 0 Å². The van der Waals surface area contributed by atoms with Crippen molar-refractivity contribution in [3.8, 4) is 0 Å².